The molecule has 0 saturated heterocycles. The summed E-state index contributed by atoms with van der Waals surface area (Å²) in [7, 11) is 0. The van der Waals surface area contributed by atoms with Gasteiger partial charge in [0, 0.05) is 11.6 Å². The highest BCUT2D eigenvalue weighted by molar-refractivity contribution is 7.07. The van der Waals surface area contributed by atoms with Crippen molar-refractivity contribution in [2.45, 2.75) is 26.5 Å². The molecule has 17 heavy (non-hydrogen) atoms. The van der Waals surface area contributed by atoms with E-state index in [-0.39, 0.29) is 6.10 Å². The Kier molecular flexibility index (Phi) is 3.93. The van der Waals surface area contributed by atoms with Gasteiger partial charge in [0.15, 0.2) is 11.6 Å². The minimum Gasteiger partial charge on any atom is -0.487 e. The van der Waals surface area contributed by atoms with Crippen LogP contribution in [-0.2, 0) is 6.54 Å². The van der Waals surface area contributed by atoms with Gasteiger partial charge in [0.2, 0.25) is 0 Å². The lowest BCUT2D eigenvalue weighted by Crippen LogP contribution is -2.09. The van der Waals surface area contributed by atoms with Gasteiger partial charge in [-0.2, -0.15) is 0 Å². The van der Waals surface area contributed by atoms with Crippen LogP contribution in [0.1, 0.15) is 19.5 Å². The molecule has 4 nitrogen and oxygen atoms in total. The molecule has 0 saturated carbocycles. The second-order valence-corrected chi connectivity index (χ2v) is 4.57. The van der Waals surface area contributed by atoms with Crippen LogP contribution in [0.15, 0.2) is 29.2 Å². The standard InChI is InChI=1S/C12H15N3OS/c1-9(2)16-11-4-3-5-13-12(11)14-6-10-7-17-8-15-10/h3-5,7-9H,6H2,1-2H3,(H,13,14). The summed E-state index contributed by atoms with van der Waals surface area (Å²) < 4.78 is 5.67. The number of nitrogens with zero attached hydrogens (tertiary/aromatic N) is 2. The van der Waals surface area contributed by atoms with Crippen LogP contribution in [0.25, 0.3) is 0 Å². The summed E-state index contributed by atoms with van der Waals surface area (Å²) in [4.78, 5) is 8.48. The van der Waals surface area contributed by atoms with Crippen LogP contribution in [0.3, 0.4) is 0 Å². The van der Waals surface area contributed by atoms with Crippen molar-refractivity contribution in [3.05, 3.63) is 34.9 Å². The maximum atomic E-state index is 5.67. The molecule has 2 rings (SSSR count). The maximum absolute atomic E-state index is 5.67. The average molecular weight is 249 g/mol. The zero-order valence-corrected chi connectivity index (χ0v) is 10.7. The van der Waals surface area contributed by atoms with E-state index in [1.54, 1.807) is 17.5 Å². The number of hydrogen-bond donors (Lipinski definition) is 1. The number of aromatic nitrogens is 2. The highest BCUT2D eigenvalue weighted by Crippen LogP contribution is 2.22. The zero-order chi connectivity index (χ0) is 12.1. The lowest BCUT2D eigenvalue weighted by molar-refractivity contribution is 0.243. The molecule has 0 amide bonds. The Morgan fingerprint density at radius 1 is 1.41 bits per heavy atom. The number of nitrogens with one attached hydrogen (secondary N) is 1. The third-order valence-electron chi connectivity index (χ3n) is 2.05. The van der Waals surface area contributed by atoms with E-state index < -0.39 is 0 Å². The first-order valence-electron chi connectivity index (χ1n) is 5.48. The van der Waals surface area contributed by atoms with Crippen molar-refractivity contribution in [2.24, 2.45) is 0 Å². The van der Waals surface area contributed by atoms with Crippen LogP contribution in [0.5, 0.6) is 5.75 Å². The van der Waals surface area contributed by atoms with Gasteiger partial charge in [-0.3, -0.25) is 0 Å². The predicted molar refractivity (Wildman–Crippen MR) is 69.4 cm³/mol. The summed E-state index contributed by atoms with van der Waals surface area (Å²) in [6.07, 6.45) is 1.88. The summed E-state index contributed by atoms with van der Waals surface area (Å²) in [5, 5.41) is 5.24. The summed E-state index contributed by atoms with van der Waals surface area (Å²) in [5.74, 6) is 1.53. The number of anilines is 1. The molecule has 2 aromatic rings. The molecule has 2 aromatic heterocycles. The van der Waals surface area contributed by atoms with Crippen LogP contribution in [0.4, 0.5) is 5.82 Å². The second-order valence-electron chi connectivity index (χ2n) is 3.85. The first-order chi connectivity index (χ1) is 8.25. The largest absolute Gasteiger partial charge is 0.487 e. The van der Waals surface area contributed by atoms with Gasteiger partial charge >= 0.3 is 0 Å². The summed E-state index contributed by atoms with van der Waals surface area (Å²) in [6, 6.07) is 3.78. The molecule has 90 valence electrons. The lowest BCUT2D eigenvalue weighted by atomic mass is 10.4. The molecule has 0 aliphatic carbocycles. The van der Waals surface area contributed by atoms with Crippen LogP contribution in [0, 0.1) is 0 Å². The van der Waals surface area contributed by atoms with Crippen molar-refractivity contribution in [1.82, 2.24) is 9.97 Å². The van der Waals surface area contributed by atoms with Crippen molar-refractivity contribution in [2.75, 3.05) is 5.32 Å². The Hall–Kier alpha value is -1.62. The van der Waals surface area contributed by atoms with Gasteiger partial charge in [-0.1, -0.05) is 0 Å². The monoisotopic (exact) mass is 249 g/mol. The zero-order valence-electron chi connectivity index (χ0n) is 9.88. The molecular weight excluding hydrogens is 234 g/mol. The van der Waals surface area contributed by atoms with Gasteiger partial charge < -0.3 is 10.1 Å². The predicted octanol–water partition coefficient (Wildman–Crippen LogP) is 2.94. The molecule has 0 aromatic carbocycles. The molecule has 0 atom stereocenters. The van der Waals surface area contributed by atoms with Crippen molar-refractivity contribution >= 4 is 17.2 Å². The fourth-order valence-corrected chi connectivity index (χ4v) is 1.93. The van der Waals surface area contributed by atoms with E-state index in [1.807, 2.05) is 36.9 Å². The molecule has 0 bridgehead atoms. The number of thiazole rings is 1. The molecule has 0 aliphatic rings. The van der Waals surface area contributed by atoms with E-state index in [2.05, 4.69) is 15.3 Å². The third-order valence-corrected chi connectivity index (χ3v) is 2.69. The number of pyridine rings is 1. The molecule has 0 fully saturated rings. The number of hydrogen-bond acceptors (Lipinski definition) is 5. The second kappa shape index (κ2) is 5.63. The van der Waals surface area contributed by atoms with Gasteiger partial charge in [0.1, 0.15) is 0 Å². The highest BCUT2D eigenvalue weighted by Gasteiger charge is 2.06. The molecule has 0 spiro atoms. The van der Waals surface area contributed by atoms with Crippen LogP contribution in [0.2, 0.25) is 0 Å². The topological polar surface area (TPSA) is 47.0 Å². The normalized spacial score (nSPS) is 10.5. The highest BCUT2D eigenvalue weighted by atomic mass is 32.1. The molecule has 0 aliphatic heterocycles. The Labute approximate surface area is 105 Å². The molecule has 0 radical (unpaired) electrons. The number of rotatable bonds is 5. The summed E-state index contributed by atoms with van der Waals surface area (Å²) in [5.41, 5.74) is 2.83. The quantitative estimate of drug-likeness (QED) is 0.885. The SMILES string of the molecule is CC(C)Oc1cccnc1NCc1cscn1. The fourth-order valence-electron chi connectivity index (χ4n) is 1.37. The first kappa shape index (κ1) is 11.9. The minimum absolute atomic E-state index is 0.138. The smallest absolute Gasteiger partial charge is 0.169 e. The minimum atomic E-state index is 0.138. The molecular formula is C12H15N3OS. The van der Waals surface area contributed by atoms with Crippen LogP contribution >= 0.6 is 11.3 Å². The average Bonchev–Trinajstić information content (AvgIpc) is 2.80. The Bertz CT molecular complexity index is 457. The Morgan fingerprint density at radius 3 is 3.00 bits per heavy atom. The van der Waals surface area contributed by atoms with Crippen molar-refractivity contribution < 1.29 is 4.74 Å². The van der Waals surface area contributed by atoms with E-state index in [4.69, 9.17) is 4.74 Å². The lowest BCUT2D eigenvalue weighted by Gasteiger charge is -2.13. The maximum Gasteiger partial charge on any atom is 0.169 e. The molecule has 5 heteroatoms. The van der Waals surface area contributed by atoms with Gasteiger partial charge in [0.25, 0.3) is 0 Å². The van der Waals surface area contributed by atoms with E-state index >= 15 is 0 Å². The van der Waals surface area contributed by atoms with E-state index in [9.17, 15) is 0 Å². The van der Waals surface area contributed by atoms with Crippen molar-refractivity contribution in [3.8, 4) is 5.75 Å². The van der Waals surface area contributed by atoms with Crippen LogP contribution < -0.4 is 10.1 Å². The molecule has 2 heterocycles. The van der Waals surface area contributed by atoms with E-state index in [0.29, 0.717) is 6.54 Å². The van der Waals surface area contributed by atoms with Gasteiger partial charge in [-0.25, -0.2) is 9.97 Å². The fraction of sp³-hybridized carbons (Fsp3) is 0.333. The Morgan fingerprint density at radius 2 is 2.29 bits per heavy atom. The first-order valence-corrected chi connectivity index (χ1v) is 6.42. The third kappa shape index (κ3) is 3.42. The summed E-state index contributed by atoms with van der Waals surface area (Å²) >= 11 is 1.59. The van der Waals surface area contributed by atoms with Crippen LogP contribution in [-0.4, -0.2) is 16.1 Å². The van der Waals surface area contributed by atoms with Crippen molar-refractivity contribution in [1.29, 1.82) is 0 Å². The van der Waals surface area contributed by atoms with Gasteiger partial charge in [-0.15, -0.1) is 11.3 Å². The van der Waals surface area contributed by atoms with Gasteiger partial charge in [0.05, 0.1) is 23.9 Å². The van der Waals surface area contributed by atoms with Crippen molar-refractivity contribution in [3.63, 3.8) is 0 Å². The number of ether oxygens (including phenoxy) is 1. The van der Waals surface area contributed by atoms with Gasteiger partial charge in [-0.05, 0) is 26.0 Å². The Balaban J connectivity index is 2.04. The van der Waals surface area contributed by atoms with E-state index in [0.717, 1.165) is 17.3 Å². The molecule has 1 N–H and O–H groups in total. The molecule has 0 unspecified atom stereocenters. The summed E-state index contributed by atoms with van der Waals surface area (Å²) in [6.45, 7) is 4.66. The van der Waals surface area contributed by atoms with E-state index in [1.165, 1.54) is 0 Å².